The lowest BCUT2D eigenvalue weighted by Crippen LogP contribution is -2.38. The van der Waals surface area contributed by atoms with Crippen LogP contribution in [-0.2, 0) is 4.79 Å². The first-order valence-corrected chi connectivity index (χ1v) is 10.0. The van der Waals surface area contributed by atoms with Gasteiger partial charge in [0.2, 0.25) is 5.91 Å². The molecule has 0 aliphatic carbocycles. The van der Waals surface area contributed by atoms with Gasteiger partial charge in [0.15, 0.2) is 0 Å². The van der Waals surface area contributed by atoms with E-state index in [1.165, 1.54) is 0 Å². The Morgan fingerprint density at radius 3 is 2.62 bits per heavy atom. The maximum Gasteiger partial charge on any atom is 0.227 e. The Hall–Kier alpha value is -2.93. The second-order valence-corrected chi connectivity index (χ2v) is 7.65. The zero-order valence-corrected chi connectivity index (χ0v) is 17.2. The van der Waals surface area contributed by atoms with Crippen LogP contribution in [0.15, 0.2) is 43.0 Å². The first-order valence-electron chi connectivity index (χ1n) is 9.66. The van der Waals surface area contributed by atoms with E-state index in [1.807, 2.05) is 48.9 Å². The number of amides is 1. The number of nitrogens with zero attached hydrogens (tertiary/aromatic N) is 5. The third-order valence-corrected chi connectivity index (χ3v) is 5.84. The molecule has 150 valence electrons. The molecular weight excluding hydrogens is 388 g/mol. The number of nitrogens with one attached hydrogen (secondary N) is 1. The summed E-state index contributed by atoms with van der Waals surface area (Å²) in [4.78, 5) is 27.9. The maximum atomic E-state index is 12.7. The quantitative estimate of drug-likeness (QED) is 0.708. The van der Waals surface area contributed by atoms with Gasteiger partial charge in [-0.2, -0.15) is 0 Å². The van der Waals surface area contributed by atoms with Crippen LogP contribution >= 0.6 is 11.6 Å². The summed E-state index contributed by atoms with van der Waals surface area (Å²) in [6, 6.07) is 7.52. The van der Waals surface area contributed by atoms with Crippen molar-refractivity contribution in [3.05, 3.63) is 59.4 Å². The van der Waals surface area contributed by atoms with E-state index in [0.717, 1.165) is 54.6 Å². The Kier molecular flexibility index (Phi) is 5.49. The molecule has 0 radical (unpaired) electrons. The first kappa shape index (κ1) is 19.4. The van der Waals surface area contributed by atoms with Crippen molar-refractivity contribution in [1.82, 2.24) is 19.5 Å². The molecule has 1 fully saturated rings. The number of carbonyl (C=O) groups excluding carboxylic acids is 1. The normalized spacial score (nSPS) is 14.8. The number of aromatic nitrogens is 4. The molecule has 1 aliphatic rings. The van der Waals surface area contributed by atoms with Crippen molar-refractivity contribution in [1.29, 1.82) is 0 Å². The molecule has 1 amide bonds. The molecule has 2 aromatic heterocycles. The number of benzene rings is 1. The van der Waals surface area contributed by atoms with Gasteiger partial charge in [-0.15, -0.1) is 0 Å². The van der Waals surface area contributed by atoms with Crippen LogP contribution in [0, 0.1) is 19.8 Å². The van der Waals surface area contributed by atoms with Gasteiger partial charge in [-0.1, -0.05) is 17.7 Å². The highest BCUT2D eigenvalue weighted by molar-refractivity contribution is 6.31. The molecule has 7 nitrogen and oxygen atoms in total. The third-order valence-electron chi connectivity index (χ3n) is 5.43. The molecule has 29 heavy (non-hydrogen) atoms. The minimum absolute atomic E-state index is 0.0261. The molecule has 1 saturated heterocycles. The summed E-state index contributed by atoms with van der Waals surface area (Å²) in [5.74, 6) is 2.56. The second kappa shape index (κ2) is 8.21. The molecule has 0 atom stereocenters. The summed E-state index contributed by atoms with van der Waals surface area (Å²) < 4.78 is 1.93. The fourth-order valence-electron chi connectivity index (χ4n) is 3.61. The summed E-state index contributed by atoms with van der Waals surface area (Å²) >= 11 is 6.15. The van der Waals surface area contributed by atoms with Gasteiger partial charge < -0.3 is 10.2 Å². The average molecular weight is 411 g/mol. The first-order chi connectivity index (χ1) is 14.0. The summed E-state index contributed by atoms with van der Waals surface area (Å²) in [6.07, 6.45) is 6.76. The van der Waals surface area contributed by atoms with Crippen LogP contribution in [0.3, 0.4) is 0 Å². The van der Waals surface area contributed by atoms with E-state index in [-0.39, 0.29) is 11.8 Å². The second-order valence-electron chi connectivity index (χ2n) is 7.24. The van der Waals surface area contributed by atoms with Crippen molar-refractivity contribution < 1.29 is 4.79 Å². The average Bonchev–Trinajstić information content (AvgIpc) is 3.17. The van der Waals surface area contributed by atoms with Crippen molar-refractivity contribution in [3.8, 4) is 5.82 Å². The molecular formula is C21H23ClN6O. The number of halogens is 1. The highest BCUT2D eigenvalue weighted by Crippen LogP contribution is 2.27. The summed E-state index contributed by atoms with van der Waals surface area (Å²) in [6.45, 7) is 5.39. The maximum absolute atomic E-state index is 12.7. The number of carbonyl (C=O) groups is 1. The predicted octanol–water partition coefficient (Wildman–Crippen LogP) is 3.79. The lowest BCUT2D eigenvalue weighted by Gasteiger charge is -2.32. The number of anilines is 2. The number of hydrogen-bond acceptors (Lipinski definition) is 5. The van der Waals surface area contributed by atoms with Crippen molar-refractivity contribution >= 4 is 29.0 Å². The van der Waals surface area contributed by atoms with Crippen molar-refractivity contribution in [3.63, 3.8) is 0 Å². The fraction of sp³-hybridized carbons (Fsp3) is 0.333. The number of rotatable bonds is 4. The summed E-state index contributed by atoms with van der Waals surface area (Å²) in [5, 5.41) is 3.69. The summed E-state index contributed by atoms with van der Waals surface area (Å²) in [7, 11) is 0. The van der Waals surface area contributed by atoms with E-state index in [0.29, 0.717) is 5.02 Å². The van der Waals surface area contributed by atoms with E-state index in [2.05, 4.69) is 25.2 Å². The fourth-order valence-corrected chi connectivity index (χ4v) is 3.78. The van der Waals surface area contributed by atoms with Crippen LogP contribution in [0.1, 0.15) is 24.2 Å². The van der Waals surface area contributed by atoms with Crippen LogP contribution < -0.4 is 10.2 Å². The molecule has 0 saturated carbocycles. The standard InChI is InChI=1S/C21H23ClN6O/c1-14-17(22)4-3-5-18(14)26-21(29)16-6-9-27(10-7-16)19-12-20(25-13-24-19)28-11-8-23-15(28)2/h3-5,8,11-13,16H,6-7,9-10H2,1-2H3,(H,26,29). The van der Waals surface area contributed by atoms with E-state index in [9.17, 15) is 4.79 Å². The van der Waals surface area contributed by atoms with Crippen molar-refractivity contribution in [2.45, 2.75) is 26.7 Å². The van der Waals surface area contributed by atoms with Gasteiger partial charge in [0.25, 0.3) is 0 Å². The monoisotopic (exact) mass is 410 g/mol. The molecule has 3 aromatic rings. The van der Waals surface area contributed by atoms with Crippen LogP contribution in [-0.4, -0.2) is 38.5 Å². The highest BCUT2D eigenvalue weighted by Gasteiger charge is 2.26. The number of piperidine rings is 1. The number of imidazole rings is 1. The molecule has 8 heteroatoms. The van der Waals surface area contributed by atoms with E-state index in [4.69, 9.17) is 11.6 Å². The topological polar surface area (TPSA) is 75.9 Å². The van der Waals surface area contributed by atoms with E-state index < -0.39 is 0 Å². The Morgan fingerprint density at radius 1 is 1.14 bits per heavy atom. The minimum atomic E-state index is -0.0261. The predicted molar refractivity (Wildman–Crippen MR) is 114 cm³/mol. The molecule has 0 unspecified atom stereocenters. The Labute approximate surface area is 174 Å². The zero-order chi connectivity index (χ0) is 20.4. The van der Waals surface area contributed by atoms with Crippen molar-refractivity contribution in [2.75, 3.05) is 23.3 Å². The molecule has 0 bridgehead atoms. The van der Waals surface area contributed by atoms with Crippen LogP contribution in [0.4, 0.5) is 11.5 Å². The van der Waals surface area contributed by atoms with Crippen molar-refractivity contribution in [2.24, 2.45) is 5.92 Å². The van der Waals surface area contributed by atoms with E-state index >= 15 is 0 Å². The van der Waals surface area contributed by atoms with Gasteiger partial charge in [-0.3, -0.25) is 9.36 Å². The molecule has 1 aliphatic heterocycles. The summed E-state index contributed by atoms with van der Waals surface area (Å²) in [5.41, 5.74) is 1.67. The largest absolute Gasteiger partial charge is 0.356 e. The number of aryl methyl sites for hydroxylation is 1. The van der Waals surface area contributed by atoms with E-state index in [1.54, 1.807) is 12.5 Å². The molecule has 4 rings (SSSR count). The van der Waals surface area contributed by atoms with Gasteiger partial charge in [-0.05, 0) is 44.4 Å². The lowest BCUT2D eigenvalue weighted by atomic mass is 9.95. The smallest absolute Gasteiger partial charge is 0.227 e. The lowest BCUT2D eigenvalue weighted by molar-refractivity contribution is -0.120. The van der Waals surface area contributed by atoms with Gasteiger partial charge in [0, 0.05) is 48.2 Å². The van der Waals surface area contributed by atoms with Gasteiger partial charge in [0.05, 0.1) is 0 Å². The number of hydrogen-bond donors (Lipinski definition) is 1. The molecule has 0 spiro atoms. The van der Waals surface area contributed by atoms with Gasteiger partial charge >= 0.3 is 0 Å². The molecule has 1 N–H and O–H groups in total. The van der Waals surface area contributed by atoms with Crippen LogP contribution in [0.2, 0.25) is 5.02 Å². The minimum Gasteiger partial charge on any atom is -0.356 e. The Bertz CT molecular complexity index is 1030. The van der Waals surface area contributed by atoms with Crippen LogP contribution in [0.25, 0.3) is 5.82 Å². The van der Waals surface area contributed by atoms with Gasteiger partial charge in [0.1, 0.15) is 23.8 Å². The Balaban J connectivity index is 1.40. The van der Waals surface area contributed by atoms with Gasteiger partial charge in [-0.25, -0.2) is 15.0 Å². The highest BCUT2D eigenvalue weighted by atomic mass is 35.5. The third kappa shape index (κ3) is 4.10. The molecule has 1 aromatic carbocycles. The Morgan fingerprint density at radius 2 is 1.90 bits per heavy atom. The zero-order valence-electron chi connectivity index (χ0n) is 16.5. The molecule has 3 heterocycles. The SMILES string of the molecule is Cc1c(Cl)cccc1NC(=O)C1CCN(c2cc(-n3ccnc3C)ncn2)CC1. The van der Waals surface area contributed by atoms with Crippen LogP contribution in [0.5, 0.6) is 0 Å².